The summed E-state index contributed by atoms with van der Waals surface area (Å²) in [4.78, 5) is 16.8. The van der Waals surface area contributed by atoms with Crippen molar-refractivity contribution < 1.29 is 9.53 Å². The van der Waals surface area contributed by atoms with Crippen molar-refractivity contribution in [1.82, 2.24) is 4.98 Å². The Morgan fingerprint density at radius 3 is 2.26 bits per heavy atom. The second kappa shape index (κ2) is 5.36. The van der Waals surface area contributed by atoms with Crippen LogP contribution in [0, 0.1) is 0 Å². The van der Waals surface area contributed by atoms with E-state index in [1.807, 2.05) is 66.7 Å². The average molecular weight is 301 g/mol. The Bertz CT molecular complexity index is 804. The molecule has 0 spiro atoms. The molecule has 1 aromatic heterocycles. The van der Waals surface area contributed by atoms with Crippen LogP contribution >= 0.6 is 0 Å². The van der Waals surface area contributed by atoms with Crippen LogP contribution in [0.5, 0.6) is 5.75 Å². The summed E-state index contributed by atoms with van der Waals surface area (Å²) in [6.45, 7) is 0. The second-order valence-electron chi connectivity index (χ2n) is 5.63. The SMILES string of the molecule is O=C1C[C@@](c2ccccc2)(c2ccncc2)Oc2ccccc21. The van der Waals surface area contributed by atoms with Crippen molar-refractivity contribution in [3.63, 3.8) is 0 Å². The van der Waals surface area contributed by atoms with E-state index in [0.29, 0.717) is 11.3 Å². The Morgan fingerprint density at radius 1 is 0.826 bits per heavy atom. The minimum atomic E-state index is -0.810. The van der Waals surface area contributed by atoms with Crippen molar-refractivity contribution in [2.24, 2.45) is 0 Å². The fourth-order valence-corrected chi connectivity index (χ4v) is 3.15. The molecule has 3 nitrogen and oxygen atoms in total. The highest BCUT2D eigenvalue weighted by Gasteiger charge is 2.43. The first kappa shape index (κ1) is 13.7. The molecule has 0 saturated heterocycles. The number of para-hydroxylation sites is 1. The van der Waals surface area contributed by atoms with Crippen molar-refractivity contribution in [2.75, 3.05) is 0 Å². The third-order valence-electron chi connectivity index (χ3n) is 4.27. The zero-order valence-corrected chi connectivity index (χ0v) is 12.5. The van der Waals surface area contributed by atoms with Crippen LogP contribution in [-0.4, -0.2) is 10.8 Å². The predicted octanol–water partition coefficient (Wildman–Crippen LogP) is 3.99. The van der Waals surface area contributed by atoms with E-state index < -0.39 is 5.60 Å². The van der Waals surface area contributed by atoms with Crippen LogP contribution in [0.3, 0.4) is 0 Å². The van der Waals surface area contributed by atoms with E-state index in [1.165, 1.54) is 0 Å². The molecule has 23 heavy (non-hydrogen) atoms. The number of rotatable bonds is 2. The Labute approximate surface area is 134 Å². The number of aromatic nitrogens is 1. The number of carbonyl (C=O) groups excluding carboxylic acids is 1. The minimum absolute atomic E-state index is 0.0903. The topological polar surface area (TPSA) is 39.2 Å². The molecule has 2 heterocycles. The molecule has 0 bridgehead atoms. The number of nitrogens with zero attached hydrogens (tertiary/aromatic N) is 1. The van der Waals surface area contributed by atoms with Gasteiger partial charge in [0.1, 0.15) is 5.75 Å². The van der Waals surface area contributed by atoms with Gasteiger partial charge in [-0.3, -0.25) is 9.78 Å². The number of pyridine rings is 1. The summed E-state index contributed by atoms with van der Waals surface area (Å²) in [5, 5.41) is 0. The number of ketones is 1. The van der Waals surface area contributed by atoms with Crippen LogP contribution in [0.4, 0.5) is 0 Å². The van der Waals surface area contributed by atoms with E-state index in [2.05, 4.69) is 4.98 Å². The van der Waals surface area contributed by atoms with Gasteiger partial charge in [0.05, 0.1) is 12.0 Å². The zero-order valence-electron chi connectivity index (χ0n) is 12.5. The molecule has 0 fully saturated rings. The maximum absolute atomic E-state index is 12.8. The molecule has 0 unspecified atom stereocenters. The predicted molar refractivity (Wildman–Crippen MR) is 87.5 cm³/mol. The van der Waals surface area contributed by atoms with Gasteiger partial charge in [-0.2, -0.15) is 0 Å². The lowest BCUT2D eigenvalue weighted by atomic mass is 9.79. The highest BCUT2D eigenvalue weighted by molar-refractivity contribution is 6.00. The summed E-state index contributed by atoms with van der Waals surface area (Å²) in [5.74, 6) is 0.719. The molecule has 112 valence electrons. The van der Waals surface area contributed by atoms with E-state index in [4.69, 9.17) is 4.74 Å². The number of Topliss-reactive ketones (excluding diaryl/α,β-unsaturated/α-hetero) is 1. The van der Waals surface area contributed by atoms with E-state index in [1.54, 1.807) is 12.4 Å². The summed E-state index contributed by atoms with van der Waals surface area (Å²) >= 11 is 0. The highest BCUT2D eigenvalue weighted by atomic mass is 16.5. The molecular formula is C20H15NO2. The molecule has 0 aliphatic carbocycles. The third-order valence-corrected chi connectivity index (χ3v) is 4.27. The quantitative estimate of drug-likeness (QED) is 0.718. The number of fused-ring (bicyclic) bond motifs is 1. The average Bonchev–Trinajstić information content (AvgIpc) is 2.63. The maximum Gasteiger partial charge on any atom is 0.171 e. The summed E-state index contributed by atoms with van der Waals surface area (Å²) in [6.07, 6.45) is 3.74. The Hall–Kier alpha value is -2.94. The van der Waals surface area contributed by atoms with Gasteiger partial charge in [-0.15, -0.1) is 0 Å². The molecule has 0 radical (unpaired) electrons. The monoisotopic (exact) mass is 301 g/mol. The van der Waals surface area contributed by atoms with Gasteiger partial charge < -0.3 is 4.74 Å². The molecule has 1 atom stereocenters. The van der Waals surface area contributed by atoms with E-state index in [-0.39, 0.29) is 12.2 Å². The lowest BCUT2D eigenvalue weighted by Gasteiger charge is -2.38. The lowest BCUT2D eigenvalue weighted by Crippen LogP contribution is -2.40. The van der Waals surface area contributed by atoms with Crippen molar-refractivity contribution in [3.8, 4) is 5.75 Å². The molecular weight excluding hydrogens is 286 g/mol. The van der Waals surface area contributed by atoms with E-state index >= 15 is 0 Å². The fourth-order valence-electron chi connectivity index (χ4n) is 3.15. The summed E-state index contributed by atoms with van der Waals surface area (Å²) < 4.78 is 6.41. The summed E-state index contributed by atoms with van der Waals surface area (Å²) in [7, 11) is 0. The largest absolute Gasteiger partial charge is 0.477 e. The Kier molecular flexibility index (Phi) is 3.19. The standard InChI is InChI=1S/C20H15NO2/c22-18-14-20(15-6-2-1-3-7-15,16-10-12-21-13-11-16)23-19-9-5-4-8-17(18)19/h1-13H,14H2/t20-/m1/s1. The minimum Gasteiger partial charge on any atom is -0.477 e. The second-order valence-corrected chi connectivity index (χ2v) is 5.63. The van der Waals surface area contributed by atoms with Gasteiger partial charge in [0, 0.05) is 23.5 Å². The Morgan fingerprint density at radius 2 is 1.48 bits per heavy atom. The molecule has 4 rings (SSSR count). The van der Waals surface area contributed by atoms with Gasteiger partial charge >= 0.3 is 0 Å². The lowest BCUT2D eigenvalue weighted by molar-refractivity contribution is 0.0616. The van der Waals surface area contributed by atoms with Gasteiger partial charge in [0.15, 0.2) is 11.4 Å². The molecule has 1 aliphatic rings. The van der Waals surface area contributed by atoms with Crippen LogP contribution in [-0.2, 0) is 5.60 Å². The third kappa shape index (κ3) is 2.21. The van der Waals surface area contributed by atoms with Crippen LogP contribution in [0.2, 0.25) is 0 Å². The number of ether oxygens (including phenoxy) is 1. The van der Waals surface area contributed by atoms with Gasteiger partial charge in [-0.1, -0.05) is 42.5 Å². The van der Waals surface area contributed by atoms with Crippen LogP contribution < -0.4 is 4.74 Å². The molecule has 3 aromatic rings. The molecule has 1 aliphatic heterocycles. The number of carbonyl (C=O) groups is 1. The van der Waals surface area contributed by atoms with E-state index in [0.717, 1.165) is 11.1 Å². The van der Waals surface area contributed by atoms with Crippen LogP contribution in [0.1, 0.15) is 27.9 Å². The molecule has 0 N–H and O–H groups in total. The first-order valence-corrected chi connectivity index (χ1v) is 7.57. The number of hydrogen-bond acceptors (Lipinski definition) is 3. The van der Waals surface area contributed by atoms with Crippen LogP contribution in [0.15, 0.2) is 79.1 Å². The highest BCUT2D eigenvalue weighted by Crippen LogP contribution is 2.43. The number of benzene rings is 2. The molecule has 0 amide bonds. The normalized spacial score (nSPS) is 19.7. The zero-order chi connectivity index (χ0) is 15.7. The molecule has 0 saturated carbocycles. The van der Waals surface area contributed by atoms with Gasteiger partial charge in [0.2, 0.25) is 0 Å². The summed E-state index contributed by atoms with van der Waals surface area (Å²) in [5.41, 5.74) is 1.74. The fraction of sp³-hybridized carbons (Fsp3) is 0.100. The van der Waals surface area contributed by atoms with Gasteiger partial charge in [-0.05, 0) is 24.3 Å². The van der Waals surface area contributed by atoms with Crippen molar-refractivity contribution in [1.29, 1.82) is 0 Å². The number of hydrogen-bond donors (Lipinski definition) is 0. The Balaban J connectivity index is 1.94. The first-order valence-electron chi connectivity index (χ1n) is 7.57. The van der Waals surface area contributed by atoms with Crippen molar-refractivity contribution >= 4 is 5.78 Å². The van der Waals surface area contributed by atoms with Gasteiger partial charge in [-0.25, -0.2) is 0 Å². The first-order chi connectivity index (χ1) is 11.3. The van der Waals surface area contributed by atoms with E-state index in [9.17, 15) is 4.79 Å². The molecule has 2 aromatic carbocycles. The van der Waals surface area contributed by atoms with Crippen molar-refractivity contribution in [3.05, 3.63) is 95.8 Å². The smallest absolute Gasteiger partial charge is 0.171 e. The maximum atomic E-state index is 12.8. The van der Waals surface area contributed by atoms with Gasteiger partial charge in [0.25, 0.3) is 0 Å². The van der Waals surface area contributed by atoms with Crippen molar-refractivity contribution in [2.45, 2.75) is 12.0 Å². The molecule has 3 heteroatoms. The van der Waals surface area contributed by atoms with Crippen LogP contribution in [0.25, 0.3) is 0 Å². The summed E-state index contributed by atoms with van der Waals surface area (Å²) in [6, 6.07) is 21.1.